The van der Waals surface area contributed by atoms with Gasteiger partial charge in [-0.05, 0) is 37.3 Å². The molecule has 1 N–H and O–H groups in total. The van der Waals surface area contributed by atoms with E-state index in [1.807, 2.05) is 78.1 Å². The van der Waals surface area contributed by atoms with Crippen molar-refractivity contribution >= 4 is 33.8 Å². The second-order valence-electron chi connectivity index (χ2n) is 5.62. The van der Waals surface area contributed by atoms with Gasteiger partial charge in [-0.3, -0.25) is 4.79 Å². The second kappa shape index (κ2) is 5.65. The van der Waals surface area contributed by atoms with E-state index in [0.717, 1.165) is 27.4 Å². The number of amides is 1. The summed E-state index contributed by atoms with van der Waals surface area (Å²) in [5, 5.41) is 4.84. The van der Waals surface area contributed by atoms with Gasteiger partial charge in [-0.1, -0.05) is 17.4 Å². The number of benzene rings is 1. The Morgan fingerprint density at radius 2 is 1.92 bits per heavy atom. The molecule has 0 saturated carbocycles. The molecule has 5 nitrogen and oxygen atoms in total. The number of aryl methyl sites for hydroxylation is 2. The zero-order valence-electron chi connectivity index (χ0n) is 13.4. The van der Waals surface area contributed by atoms with Crippen LogP contribution < -0.4 is 5.32 Å². The van der Waals surface area contributed by atoms with Crippen molar-refractivity contribution in [2.75, 3.05) is 5.32 Å². The minimum absolute atomic E-state index is 0.125. The predicted octanol–water partition coefficient (Wildman–Crippen LogP) is 3.99. The van der Waals surface area contributed by atoms with Crippen LogP contribution >= 0.6 is 11.3 Å². The Labute approximate surface area is 143 Å². The number of fused-ring (bicyclic) bond motifs is 1. The first-order valence-electron chi connectivity index (χ1n) is 7.59. The molecule has 0 fully saturated rings. The van der Waals surface area contributed by atoms with Gasteiger partial charge in [-0.25, -0.2) is 4.98 Å². The highest BCUT2D eigenvalue weighted by atomic mass is 32.1. The maximum absolute atomic E-state index is 12.7. The molecule has 0 unspecified atom stereocenters. The summed E-state index contributed by atoms with van der Waals surface area (Å²) in [7, 11) is 1.99. The number of thiazole rings is 1. The van der Waals surface area contributed by atoms with Crippen LogP contribution in [0.15, 0.2) is 55.0 Å². The van der Waals surface area contributed by atoms with E-state index < -0.39 is 0 Å². The minimum atomic E-state index is -0.125. The molecule has 3 aromatic heterocycles. The van der Waals surface area contributed by atoms with Crippen molar-refractivity contribution in [2.24, 2.45) is 7.05 Å². The van der Waals surface area contributed by atoms with Crippen LogP contribution in [0.5, 0.6) is 0 Å². The van der Waals surface area contributed by atoms with Crippen LogP contribution in [0.1, 0.15) is 15.4 Å². The standard InChI is InChI=1S/C18H16N4OS/c1-12-16(24-18(19-12)22-9-3-4-10-22)17(23)20-14-6-5-7-15-13(14)8-11-21(15)2/h3-11H,1-2H3,(H,20,23). The first kappa shape index (κ1) is 14.7. The average Bonchev–Trinajstić information content (AvgIpc) is 3.28. The van der Waals surface area contributed by atoms with E-state index in [0.29, 0.717) is 4.88 Å². The Bertz CT molecular complexity index is 1030. The van der Waals surface area contributed by atoms with E-state index in [2.05, 4.69) is 10.3 Å². The first-order valence-corrected chi connectivity index (χ1v) is 8.41. The molecule has 0 aliphatic rings. The molecule has 24 heavy (non-hydrogen) atoms. The monoisotopic (exact) mass is 336 g/mol. The molecule has 0 spiro atoms. The van der Waals surface area contributed by atoms with E-state index >= 15 is 0 Å². The van der Waals surface area contributed by atoms with E-state index in [-0.39, 0.29) is 5.91 Å². The number of hydrogen-bond acceptors (Lipinski definition) is 3. The van der Waals surface area contributed by atoms with Crippen LogP contribution in [0.4, 0.5) is 5.69 Å². The van der Waals surface area contributed by atoms with Crippen LogP contribution in [-0.4, -0.2) is 20.0 Å². The van der Waals surface area contributed by atoms with Crippen LogP contribution in [0, 0.1) is 6.92 Å². The molecule has 0 atom stereocenters. The van der Waals surface area contributed by atoms with Gasteiger partial charge in [0.25, 0.3) is 5.91 Å². The lowest BCUT2D eigenvalue weighted by Gasteiger charge is -2.06. The van der Waals surface area contributed by atoms with Gasteiger partial charge < -0.3 is 14.5 Å². The SMILES string of the molecule is Cc1nc(-n2cccc2)sc1C(=O)Nc1cccc2c1ccn2C. The van der Waals surface area contributed by atoms with Crippen LogP contribution in [0.25, 0.3) is 16.0 Å². The van der Waals surface area contributed by atoms with Gasteiger partial charge in [-0.2, -0.15) is 0 Å². The molecule has 1 amide bonds. The van der Waals surface area contributed by atoms with Crippen molar-refractivity contribution in [1.82, 2.24) is 14.1 Å². The smallest absolute Gasteiger partial charge is 0.267 e. The fraction of sp³-hybridized carbons (Fsp3) is 0.111. The molecule has 0 aliphatic heterocycles. The predicted molar refractivity (Wildman–Crippen MR) is 97.1 cm³/mol. The largest absolute Gasteiger partial charge is 0.350 e. The normalized spacial score (nSPS) is 11.1. The maximum Gasteiger partial charge on any atom is 0.267 e. The number of hydrogen-bond donors (Lipinski definition) is 1. The summed E-state index contributed by atoms with van der Waals surface area (Å²) in [5.74, 6) is -0.125. The number of carbonyl (C=O) groups excluding carboxylic acids is 1. The Morgan fingerprint density at radius 3 is 2.71 bits per heavy atom. The number of anilines is 1. The summed E-state index contributed by atoms with van der Waals surface area (Å²) in [6, 6.07) is 11.8. The number of carbonyl (C=O) groups is 1. The summed E-state index contributed by atoms with van der Waals surface area (Å²) in [4.78, 5) is 17.8. The Hall–Kier alpha value is -2.86. The molecule has 6 heteroatoms. The van der Waals surface area contributed by atoms with Gasteiger partial charge in [0.05, 0.1) is 11.4 Å². The fourth-order valence-electron chi connectivity index (χ4n) is 2.76. The van der Waals surface area contributed by atoms with Crippen molar-refractivity contribution in [2.45, 2.75) is 6.92 Å². The third-order valence-electron chi connectivity index (χ3n) is 3.99. The Kier molecular flexibility index (Phi) is 3.46. The highest BCUT2D eigenvalue weighted by molar-refractivity contribution is 7.16. The van der Waals surface area contributed by atoms with Crippen molar-refractivity contribution in [3.8, 4) is 5.13 Å². The molecule has 1 aromatic carbocycles. The lowest BCUT2D eigenvalue weighted by atomic mass is 10.2. The van der Waals surface area contributed by atoms with E-state index in [1.54, 1.807) is 0 Å². The zero-order valence-corrected chi connectivity index (χ0v) is 14.2. The van der Waals surface area contributed by atoms with Gasteiger partial charge in [0, 0.05) is 36.5 Å². The van der Waals surface area contributed by atoms with Gasteiger partial charge >= 0.3 is 0 Å². The molecule has 0 saturated heterocycles. The van der Waals surface area contributed by atoms with E-state index in [1.165, 1.54) is 11.3 Å². The zero-order chi connectivity index (χ0) is 16.7. The molecule has 120 valence electrons. The molecule has 0 radical (unpaired) electrons. The van der Waals surface area contributed by atoms with Crippen molar-refractivity contribution < 1.29 is 4.79 Å². The van der Waals surface area contributed by atoms with Gasteiger partial charge in [0.1, 0.15) is 4.88 Å². The van der Waals surface area contributed by atoms with Crippen LogP contribution in [0.2, 0.25) is 0 Å². The summed E-state index contributed by atoms with van der Waals surface area (Å²) in [6.45, 7) is 1.86. The van der Waals surface area contributed by atoms with Gasteiger partial charge in [0.15, 0.2) is 5.13 Å². The topological polar surface area (TPSA) is 51.9 Å². The van der Waals surface area contributed by atoms with Crippen LogP contribution in [0.3, 0.4) is 0 Å². The lowest BCUT2D eigenvalue weighted by molar-refractivity contribution is 0.103. The summed E-state index contributed by atoms with van der Waals surface area (Å²) < 4.78 is 3.94. The second-order valence-corrected chi connectivity index (χ2v) is 6.60. The van der Waals surface area contributed by atoms with Crippen LogP contribution in [-0.2, 0) is 7.05 Å². The fourth-order valence-corrected chi connectivity index (χ4v) is 3.69. The van der Waals surface area contributed by atoms with Crippen molar-refractivity contribution in [3.63, 3.8) is 0 Å². The lowest BCUT2D eigenvalue weighted by Crippen LogP contribution is -2.11. The van der Waals surface area contributed by atoms with Gasteiger partial charge in [-0.15, -0.1) is 0 Å². The highest BCUT2D eigenvalue weighted by Crippen LogP contribution is 2.27. The number of nitrogens with one attached hydrogen (secondary N) is 1. The molecule has 0 bridgehead atoms. The number of aromatic nitrogens is 3. The summed E-state index contributed by atoms with van der Waals surface area (Å²) in [5.41, 5.74) is 2.64. The number of rotatable bonds is 3. The number of nitrogens with zero attached hydrogens (tertiary/aromatic N) is 3. The third kappa shape index (κ3) is 2.41. The molecule has 0 aliphatic carbocycles. The van der Waals surface area contributed by atoms with E-state index in [9.17, 15) is 4.79 Å². The minimum Gasteiger partial charge on any atom is -0.350 e. The molecule has 3 heterocycles. The van der Waals surface area contributed by atoms with E-state index in [4.69, 9.17) is 0 Å². The Morgan fingerprint density at radius 1 is 1.12 bits per heavy atom. The Balaban J connectivity index is 1.67. The molecular formula is C18H16N4OS. The quantitative estimate of drug-likeness (QED) is 0.615. The highest BCUT2D eigenvalue weighted by Gasteiger charge is 2.17. The summed E-state index contributed by atoms with van der Waals surface area (Å²) in [6.07, 6.45) is 5.83. The van der Waals surface area contributed by atoms with Crippen molar-refractivity contribution in [1.29, 1.82) is 0 Å². The van der Waals surface area contributed by atoms with Crippen molar-refractivity contribution in [3.05, 3.63) is 65.6 Å². The molecule has 4 aromatic rings. The van der Waals surface area contributed by atoms with Gasteiger partial charge in [0.2, 0.25) is 0 Å². The molecule has 4 rings (SSSR count). The molecular weight excluding hydrogens is 320 g/mol. The third-order valence-corrected chi connectivity index (χ3v) is 5.16. The maximum atomic E-state index is 12.7. The first-order chi connectivity index (χ1) is 11.6. The summed E-state index contributed by atoms with van der Waals surface area (Å²) >= 11 is 1.39. The average molecular weight is 336 g/mol.